The van der Waals surface area contributed by atoms with E-state index in [1.54, 1.807) is 18.2 Å². The van der Waals surface area contributed by atoms with E-state index in [1.807, 2.05) is 50.2 Å². The lowest BCUT2D eigenvalue weighted by molar-refractivity contribution is 0.269. The van der Waals surface area contributed by atoms with Crippen LogP contribution >= 0.6 is 39.1 Å². The number of hydrogen-bond donors (Lipinski definition) is 1. The summed E-state index contributed by atoms with van der Waals surface area (Å²) in [6.45, 7) is 4.66. The van der Waals surface area contributed by atoms with Crippen molar-refractivity contribution in [3.63, 3.8) is 0 Å². The number of aromatic nitrogens is 2. The molecule has 0 aliphatic heterocycles. The average Bonchev–Trinajstić information content (AvgIpc) is 3.23. The molecule has 0 atom stereocenters. The largest absolute Gasteiger partial charge is 0.490 e. The molecule has 0 aliphatic carbocycles. The quantitative estimate of drug-likeness (QED) is 0.234. The molecular formula is C26H20BrCl2N3O2. The highest BCUT2D eigenvalue weighted by molar-refractivity contribution is 9.10. The van der Waals surface area contributed by atoms with Crippen LogP contribution in [-0.2, 0) is 6.61 Å². The summed E-state index contributed by atoms with van der Waals surface area (Å²) in [5.41, 5.74) is 4.85. The Bertz CT molecular complexity index is 1440. The molecule has 0 saturated carbocycles. The summed E-state index contributed by atoms with van der Waals surface area (Å²) in [6, 6.07) is 17.2. The van der Waals surface area contributed by atoms with Gasteiger partial charge in [0.15, 0.2) is 11.5 Å². The molecule has 34 heavy (non-hydrogen) atoms. The standard InChI is InChI=1S/C26H20BrCl2N3O2/c1-3-33-24-11-17(10-18(13-30)26-31-22-7-4-15(2)8-23(22)32-26)19(27)12-25(24)34-14-16-5-6-20(28)21(29)9-16/h4-12H,3,14H2,1-2H3,(H,31,32)/b18-10-. The first-order valence-corrected chi connectivity index (χ1v) is 12.0. The zero-order valence-corrected chi connectivity index (χ0v) is 21.6. The third-order valence-corrected chi connectivity index (χ3v) is 6.48. The number of benzene rings is 3. The van der Waals surface area contributed by atoms with Crippen LogP contribution in [0.3, 0.4) is 0 Å². The molecule has 0 amide bonds. The summed E-state index contributed by atoms with van der Waals surface area (Å²) in [7, 11) is 0. The van der Waals surface area contributed by atoms with E-state index in [1.165, 1.54) is 0 Å². The molecule has 5 nitrogen and oxygen atoms in total. The van der Waals surface area contributed by atoms with Crippen LogP contribution in [0.2, 0.25) is 10.0 Å². The third kappa shape index (κ3) is 5.39. The van der Waals surface area contributed by atoms with Crippen molar-refractivity contribution in [2.75, 3.05) is 6.61 Å². The zero-order chi connectivity index (χ0) is 24.2. The van der Waals surface area contributed by atoms with Crippen molar-refractivity contribution >= 4 is 61.8 Å². The highest BCUT2D eigenvalue weighted by Gasteiger charge is 2.14. The minimum Gasteiger partial charge on any atom is -0.490 e. The predicted octanol–water partition coefficient (Wildman–Crippen LogP) is 7.98. The van der Waals surface area contributed by atoms with Crippen LogP contribution < -0.4 is 9.47 Å². The Morgan fingerprint density at radius 2 is 1.88 bits per heavy atom. The van der Waals surface area contributed by atoms with E-state index in [-0.39, 0.29) is 0 Å². The van der Waals surface area contributed by atoms with Gasteiger partial charge in [0.25, 0.3) is 0 Å². The molecule has 1 heterocycles. The van der Waals surface area contributed by atoms with Gasteiger partial charge in [-0.3, -0.25) is 0 Å². The molecule has 3 aromatic carbocycles. The molecule has 1 aromatic heterocycles. The second-order valence-corrected chi connectivity index (χ2v) is 9.24. The maximum absolute atomic E-state index is 9.82. The van der Waals surface area contributed by atoms with Crippen LogP contribution in [0.15, 0.2) is 53.0 Å². The number of H-pyrrole nitrogens is 1. The molecule has 0 radical (unpaired) electrons. The fraction of sp³-hybridized carbons (Fsp3) is 0.154. The molecule has 172 valence electrons. The van der Waals surface area contributed by atoms with Gasteiger partial charge in [-0.15, -0.1) is 0 Å². The predicted molar refractivity (Wildman–Crippen MR) is 140 cm³/mol. The number of imidazole rings is 1. The summed E-state index contributed by atoms with van der Waals surface area (Å²) in [5.74, 6) is 1.64. The Kier molecular flexibility index (Phi) is 7.47. The number of aromatic amines is 1. The van der Waals surface area contributed by atoms with Crippen molar-refractivity contribution in [2.45, 2.75) is 20.5 Å². The number of nitrogens with one attached hydrogen (secondary N) is 1. The van der Waals surface area contributed by atoms with E-state index >= 15 is 0 Å². The molecule has 0 aliphatic rings. The van der Waals surface area contributed by atoms with E-state index < -0.39 is 0 Å². The van der Waals surface area contributed by atoms with Crippen LogP contribution in [0.1, 0.15) is 29.4 Å². The fourth-order valence-corrected chi connectivity index (χ4v) is 4.15. The number of fused-ring (bicyclic) bond motifs is 1. The van der Waals surface area contributed by atoms with Gasteiger partial charge in [-0.2, -0.15) is 5.26 Å². The number of hydrogen-bond acceptors (Lipinski definition) is 4. The molecule has 0 fully saturated rings. The molecule has 0 saturated heterocycles. The lowest BCUT2D eigenvalue weighted by Gasteiger charge is -2.14. The molecule has 1 N–H and O–H groups in total. The smallest absolute Gasteiger partial charge is 0.162 e. The van der Waals surface area contributed by atoms with Gasteiger partial charge in [-0.25, -0.2) is 4.98 Å². The van der Waals surface area contributed by atoms with Gasteiger partial charge in [0, 0.05) is 4.47 Å². The Morgan fingerprint density at radius 3 is 2.62 bits per heavy atom. The van der Waals surface area contributed by atoms with Crippen LogP contribution in [0.5, 0.6) is 11.5 Å². The Morgan fingerprint density at radius 1 is 1.09 bits per heavy atom. The van der Waals surface area contributed by atoms with Gasteiger partial charge in [0.05, 0.1) is 33.3 Å². The number of allylic oxidation sites excluding steroid dienone is 1. The zero-order valence-electron chi connectivity index (χ0n) is 18.5. The molecule has 0 bridgehead atoms. The fourth-order valence-electron chi connectivity index (χ4n) is 3.39. The van der Waals surface area contributed by atoms with Gasteiger partial charge >= 0.3 is 0 Å². The monoisotopic (exact) mass is 555 g/mol. The second kappa shape index (κ2) is 10.5. The maximum Gasteiger partial charge on any atom is 0.162 e. The van der Waals surface area contributed by atoms with Gasteiger partial charge in [-0.05, 0) is 73.0 Å². The minimum absolute atomic E-state index is 0.292. The minimum atomic E-state index is 0.292. The molecule has 4 aromatic rings. The van der Waals surface area contributed by atoms with Crippen LogP contribution in [0.25, 0.3) is 22.7 Å². The van der Waals surface area contributed by atoms with Crippen LogP contribution in [0, 0.1) is 18.3 Å². The molecule has 8 heteroatoms. The van der Waals surface area contributed by atoms with E-state index in [0.717, 1.165) is 32.2 Å². The van der Waals surface area contributed by atoms with Gasteiger partial charge in [0.2, 0.25) is 0 Å². The van der Waals surface area contributed by atoms with Crippen molar-refractivity contribution < 1.29 is 9.47 Å². The van der Waals surface area contributed by atoms with Crippen molar-refractivity contribution in [1.29, 1.82) is 5.26 Å². The summed E-state index contributed by atoms with van der Waals surface area (Å²) >= 11 is 15.7. The summed E-state index contributed by atoms with van der Waals surface area (Å²) in [5, 5.41) is 10.8. The van der Waals surface area contributed by atoms with Gasteiger partial charge in [-0.1, -0.05) is 51.3 Å². The normalized spacial score (nSPS) is 11.5. The molecular weight excluding hydrogens is 537 g/mol. The second-order valence-electron chi connectivity index (χ2n) is 7.57. The topological polar surface area (TPSA) is 70.9 Å². The van der Waals surface area contributed by atoms with Gasteiger partial charge in [0.1, 0.15) is 18.5 Å². The Labute approximate surface area is 216 Å². The van der Waals surface area contributed by atoms with Crippen LogP contribution in [-0.4, -0.2) is 16.6 Å². The number of halogens is 3. The van der Waals surface area contributed by atoms with Crippen molar-refractivity contribution in [3.8, 4) is 17.6 Å². The first-order valence-electron chi connectivity index (χ1n) is 10.5. The highest BCUT2D eigenvalue weighted by Crippen LogP contribution is 2.36. The average molecular weight is 557 g/mol. The number of aryl methyl sites for hydroxylation is 1. The van der Waals surface area contributed by atoms with Crippen molar-refractivity contribution in [3.05, 3.63) is 85.6 Å². The number of ether oxygens (including phenoxy) is 2. The number of nitriles is 1. The van der Waals surface area contributed by atoms with E-state index in [2.05, 4.69) is 32.0 Å². The lowest BCUT2D eigenvalue weighted by atomic mass is 10.1. The van der Waals surface area contributed by atoms with Crippen molar-refractivity contribution in [1.82, 2.24) is 9.97 Å². The molecule has 4 rings (SSSR count). The summed E-state index contributed by atoms with van der Waals surface area (Å²) < 4.78 is 12.6. The number of rotatable bonds is 7. The highest BCUT2D eigenvalue weighted by atomic mass is 79.9. The van der Waals surface area contributed by atoms with Gasteiger partial charge < -0.3 is 14.5 Å². The molecule has 0 unspecified atom stereocenters. The Balaban J connectivity index is 1.65. The first kappa shape index (κ1) is 24.2. The number of nitrogens with zero attached hydrogens (tertiary/aromatic N) is 2. The Hall–Kier alpha value is -2.98. The lowest BCUT2D eigenvalue weighted by Crippen LogP contribution is -2.00. The summed E-state index contributed by atoms with van der Waals surface area (Å²) in [6.07, 6.45) is 1.76. The van der Waals surface area contributed by atoms with Crippen molar-refractivity contribution in [2.24, 2.45) is 0 Å². The molecule has 0 spiro atoms. The SMILES string of the molecule is CCOc1cc(/C=C(/C#N)c2nc3ccc(C)cc3[nH]2)c(Br)cc1OCc1ccc(Cl)c(Cl)c1. The van der Waals surface area contributed by atoms with E-state index in [0.29, 0.717) is 46.2 Å². The van der Waals surface area contributed by atoms with Crippen LogP contribution in [0.4, 0.5) is 0 Å². The first-order chi connectivity index (χ1) is 16.4. The maximum atomic E-state index is 9.82. The van der Waals surface area contributed by atoms with E-state index in [4.69, 9.17) is 32.7 Å². The summed E-state index contributed by atoms with van der Waals surface area (Å²) in [4.78, 5) is 7.80. The third-order valence-electron chi connectivity index (χ3n) is 5.05. The van der Waals surface area contributed by atoms with E-state index in [9.17, 15) is 5.26 Å².